The van der Waals surface area contributed by atoms with Gasteiger partial charge in [-0.15, -0.1) is 0 Å². The van der Waals surface area contributed by atoms with Crippen molar-refractivity contribution in [2.24, 2.45) is 0 Å². The van der Waals surface area contributed by atoms with Crippen molar-refractivity contribution in [3.05, 3.63) is 6.33 Å². The van der Waals surface area contributed by atoms with Gasteiger partial charge in [0.25, 0.3) is 0 Å². The molecular formula is C11H20N4O2S. The number of likely N-dealkylation sites (N-methyl/N-ethyl adjacent to an activating group) is 1. The first-order chi connectivity index (χ1) is 8.51. The van der Waals surface area contributed by atoms with E-state index in [1.807, 2.05) is 20.8 Å². The fourth-order valence-corrected chi connectivity index (χ4v) is 2.91. The van der Waals surface area contributed by atoms with Gasteiger partial charge in [-0.1, -0.05) is 25.6 Å². The molecule has 2 unspecified atom stereocenters. The van der Waals surface area contributed by atoms with Gasteiger partial charge >= 0.3 is 5.97 Å². The number of ether oxygens (including phenoxy) is 1. The average molecular weight is 272 g/mol. The molecule has 0 bridgehead atoms. The molecule has 102 valence electrons. The second kappa shape index (κ2) is 6.75. The molecule has 18 heavy (non-hydrogen) atoms. The van der Waals surface area contributed by atoms with E-state index in [0.717, 1.165) is 5.16 Å². The number of carbonyl (C=O) groups is 1. The van der Waals surface area contributed by atoms with Crippen molar-refractivity contribution in [2.45, 2.75) is 43.1 Å². The Kier molecular flexibility index (Phi) is 5.61. The maximum absolute atomic E-state index is 11.8. The molecule has 0 aliphatic carbocycles. The van der Waals surface area contributed by atoms with Crippen LogP contribution in [0.25, 0.3) is 0 Å². The monoisotopic (exact) mass is 272 g/mol. The number of aromatic nitrogens is 3. The van der Waals surface area contributed by atoms with E-state index in [9.17, 15) is 4.79 Å². The van der Waals surface area contributed by atoms with Crippen LogP contribution in [-0.4, -0.2) is 45.6 Å². The first-order valence-electron chi connectivity index (χ1n) is 5.87. The molecule has 0 amide bonds. The van der Waals surface area contributed by atoms with Crippen molar-refractivity contribution in [2.75, 3.05) is 13.7 Å². The van der Waals surface area contributed by atoms with Crippen molar-refractivity contribution >= 4 is 17.7 Å². The van der Waals surface area contributed by atoms with Crippen molar-refractivity contribution in [3.63, 3.8) is 0 Å². The lowest BCUT2D eigenvalue weighted by Crippen LogP contribution is -2.51. The molecule has 0 saturated heterocycles. The van der Waals surface area contributed by atoms with Crippen LogP contribution in [0.5, 0.6) is 0 Å². The number of hydrogen-bond acceptors (Lipinski definition) is 6. The van der Waals surface area contributed by atoms with Gasteiger partial charge < -0.3 is 10.1 Å². The minimum atomic E-state index is -0.671. The molecule has 0 aromatic carbocycles. The van der Waals surface area contributed by atoms with E-state index in [4.69, 9.17) is 4.74 Å². The number of nitrogens with one attached hydrogen (secondary N) is 2. The van der Waals surface area contributed by atoms with Crippen LogP contribution in [0.3, 0.4) is 0 Å². The van der Waals surface area contributed by atoms with E-state index < -0.39 is 5.54 Å². The summed E-state index contributed by atoms with van der Waals surface area (Å²) in [7, 11) is 1.41. The van der Waals surface area contributed by atoms with Crippen LogP contribution in [0.1, 0.15) is 27.2 Å². The number of thioether (sulfide) groups is 1. The summed E-state index contributed by atoms with van der Waals surface area (Å²) >= 11 is 1.55. The summed E-state index contributed by atoms with van der Waals surface area (Å²) < 4.78 is 4.86. The highest BCUT2D eigenvalue weighted by atomic mass is 32.2. The molecule has 0 spiro atoms. The highest BCUT2D eigenvalue weighted by Gasteiger charge is 2.35. The van der Waals surface area contributed by atoms with Gasteiger partial charge in [-0.3, -0.25) is 9.89 Å². The normalized spacial score (nSPS) is 16.0. The molecule has 1 aromatic rings. The van der Waals surface area contributed by atoms with Crippen molar-refractivity contribution < 1.29 is 9.53 Å². The lowest BCUT2D eigenvalue weighted by atomic mass is 9.96. The molecule has 7 heteroatoms. The molecule has 1 rings (SSSR count). The van der Waals surface area contributed by atoms with Gasteiger partial charge in [0.05, 0.1) is 7.11 Å². The topological polar surface area (TPSA) is 79.9 Å². The van der Waals surface area contributed by atoms with E-state index >= 15 is 0 Å². The lowest BCUT2D eigenvalue weighted by Gasteiger charge is -2.29. The highest BCUT2D eigenvalue weighted by molar-refractivity contribution is 7.99. The quantitative estimate of drug-likeness (QED) is 0.574. The molecule has 0 fully saturated rings. The number of esters is 1. The van der Waals surface area contributed by atoms with Crippen LogP contribution in [0.15, 0.2) is 11.5 Å². The third kappa shape index (κ3) is 3.99. The minimum absolute atomic E-state index is 0.209. The summed E-state index contributed by atoms with van der Waals surface area (Å²) in [5.74, 6) is -0.241. The molecule has 1 aromatic heterocycles. The number of H-pyrrole nitrogens is 1. The maximum atomic E-state index is 11.8. The summed E-state index contributed by atoms with van der Waals surface area (Å²) in [5, 5.41) is 10.7. The van der Waals surface area contributed by atoms with E-state index in [2.05, 4.69) is 20.5 Å². The van der Waals surface area contributed by atoms with Crippen LogP contribution in [-0.2, 0) is 9.53 Å². The maximum Gasteiger partial charge on any atom is 0.325 e. The summed E-state index contributed by atoms with van der Waals surface area (Å²) in [6, 6.07) is 0. The first kappa shape index (κ1) is 15.0. The van der Waals surface area contributed by atoms with Gasteiger partial charge in [0.2, 0.25) is 0 Å². The molecule has 1 heterocycles. The zero-order chi connectivity index (χ0) is 13.6. The van der Waals surface area contributed by atoms with Crippen molar-refractivity contribution in [1.82, 2.24) is 20.5 Å². The molecule has 0 radical (unpaired) electrons. The number of nitrogens with zero attached hydrogens (tertiary/aromatic N) is 2. The summed E-state index contributed by atoms with van der Waals surface area (Å²) in [5.41, 5.74) is -0.671. The molecule has 0 saturated carbocycles. The second-order valence-corrected chi connectivity index (χ2v) is 5.70. The van der Waals surface area contributed by atoms with Crippen LogP contribution in [0, 0.1) is 0 Å². The van der Waals surface area contributed by atoms with E-state index in [1.165, 1.54) is 13.4 Å². The Morgan fingerprint density at radius 3 is 2.94 bits per heavy atom. The molecule has 2 atom stereocenters. The molecule has 6 nitrogen and oxygen atoms in total. The van der Waals surface area contributed by atoms with Gasteiger partial charge in [0, 0.05) is 5.25 Å². The van der Waals surface area contributed by atoms with E-state index in [1.54, 1.807) is 11.8 Å². The molecular weight excluding hydrogens is 252 g/mol. The largest absolute Gasteiger partial charge is 0.468 e. The predicted octanol–water partition coefficient (Wildman–Crippen LogP) is 1.22. The second-order valence-electron chi connectivity index (χ2n) is 4.28. The fourth-order valence-electron chi connectivity index (χ4n) is 1.90. The SMILES string of the molecule is CCNC(C)(CC(C)Sc1ncn[nH]1)C(=O)OC. The smallest absolute Gasteiger partial charge is 0.325 e. The van der Waals surface area contributed by atoms with Crippen LogP contribution < -0.4 is 5.32 Å². The number of carbonyl (C=O) groups excluding carboxylic acids is 1. The summed E-state index contributed by atoms with van der Waals surface area (Å²) in [4.78, 5) is 15.9. The number of aromatic amines is 1. The number of methoxy groups -OCH3 is 1. The average Bonchev–Trinajstić information content (AvgIpc) is 2.80. The van der Waals surface area contributed by atoms with Gasteiger partial charge in [-0.2, -0.15) is 5.10 Å². The van der Waals surface area contributed by atoms with Crippen LogP contribution in [0.4, 0.5) is 0 Å². The Hall–Kier alpha value is -1.08. The first-order valence-corrected chi connectivity index (χ1v) is 6.75. The van der Waals surface area contributed by atoms with Gasteiger partial charge in [-0.25, -0.2) is 4.98 Å². The zero-order valence-electron chi connectivity index (χ0n) is 11.2. The van der Waals surface area contributed by atoms with E-state index in [0.29, 0.717) is 13.0 Å². The van der Waals surface area contributed by atoms with Crippen molar-refractivity contribution in [1.29, 1.82) is 0 Å². The Morgan fingerprint density at radius 1 is 1.72 bits per heavy atom. The van der Waals surface area contributed by atoms with Gasteiger partial charge in [-0.05, 0) is 19.9 Å². The molecule has 2 N–H and O–H groups in total. The lowest BCUT2D eigenvalue weighted by molar-refractivity contribution is -0.148. The Balaban J connectivity index is 2.62. The van der Waals surface area contributed by atoms with Crippen LogP contribution in [0.2, 0.25) is 0 Å². The number of hydrogen-bond donors (Lipinski definition) is 2. The molecule has 0 aliphatic rings. The Bertz CT molecular complexity index is 371. The van der Waals surface area contributed by atoms with Gasteiger partial charge in [0.1, 0.15) is 11.9 Å². The standard InChI is InChI=1S/C11H20N4O2S/c1-5-13-11(3,9(16)17-4)6-8(2)18-10-12-7-14-15-10/h7-8,13H,5-6H2,1-4H3,(H,12,14,15). The van der Waals surface area contributed by atoms with Crippen LogP contribution >= 0.6 is 11.8 Å². The van der Waals surface area contributed by atoms with E-state index in [-0.39, 0.29) is 11.2 Å². The molecule has 0 aliphatic heterocycles. The predicted molar refractivity (Wildman–Crippen MR) is 70.4 cm³/mol. The fraction of sp³-hybridized carbons (Fsp3) is 0.727. The van der Waals surface area contributed by atoms with Crippen molar-refractivity contribution in [3.8, 4) is 0 Å². The minimum Gasteiger partial charge on any atom is -0.468 e. The summed E-state index contributed by atoms with van der Waals surface area (Å²) in [6.45, 7) is 6.59. The Morgan fingerprint density at radius 2 is 2.44 bits per heavy atom. The zero-order valence-corrected chi connectivity index (χ0v) is 12.0. The number of rotatable bonds is 7. The van der Waals surface area contributed by atoms with Gasteiger partial charge in [0.15, 0.2) is 5.16 Å². The Labute approximate surface area is 111 Å². The third-order valence-electron chi connectivity index (χ3n) is 2.60. The third-order valence-corrected chi connectivity index (χ3v) is 3.59. The summed E-state index contributed by atoms with van der Waals surface area (Å²) in [6.07, 6.45) is 2.12. The highest BCUT2D eigenvalue weighted by Crippen LogP contribution is 2.26.